The first-order valence-electron chi connectivity index (χ1n) is 10.3. The summed E-state index contributed by atoms with van der Waals surface area (Å²) in [6.07, 6.45) is 9.08. The first kappa shape index (κ1) is 15.6. The Balaban J connectivity index is 1.56. The lowest BCUT2D eigenvalue weighted by molar-refractivity contribution is -0.117. The molecular formula is C22H32O2. The van der Waals surface area contributed by atoms with E-state index in [4.69, 9.17) is 0 Å². The van der Waals surface area contributed by atoms with Crippen LogP contribution in [0.25, 0.3) is 0 Å². The van der Waals surface area contributed by atoms with Gasteiger partial charge in [0, 0.05) is 13.0 Å². The molecule has 24 heavy (non-hydrogen) atoms. The van der Waals surface area contributed by atoms with Crippen LogP contribution in [0.2, 0.25) is 0 Å². The summed E-state index contributed by atoms with van der Waals surface area (Å²) in [5.41, 5.74) is 2.35. The molecule has 0 aliphatic heterocycles. The van der Waals surface area contributed by atoms with Crippen LogP contribution in [0.1, 0.15) is 59.3 Å². The van der Waals surface area contributed by atoms with Gasteiger partial charge in [0.15, 0.2) is 5.78 Å². The molecule has 1 spiro atoms. The Morgan fingerprint density at radius 2 is 2.08 bits per heavy atom. The highest BCUT2D eigenvalue weighted by Crippen LogP contribution is 2.84. The minimum absolute atomic E-state index is 0.354. The van der Waals surface area contributed by atoms with Crippen molar-refractivity contribution in [3.05, 3.63) is 11.6 Å². The first-order chi connectivity index (χ1) is 11.4. The zero-order chi connectivity index (χ0) is 16.9. The zero-order valence-electron chi connectivity index (χ0n) is 15.4. The van der Waals surface area contributed by atoms with Crippen LogP contribution in [-0.4, -0.2) is 17.5 Å². The van der Waals surface area contributed by atoms with Crippen molar-refractivity contribution in [2.45, 2.75) is 59.3 Å². The van der Waals surface area contributed by atoms with Crippen LogP contribution in [0.4, 0.5) is 0 Å². The Morgan fingerprint density at radius 1 is 1.29 bits per heavy atom. The van der Waals surface area contributed by atoms with E-state index in [0.717, 1.165) is 37.0 Å². The number of ketones is 1. The average molecular weight is 328 g/mol. The predicted molar refractivity (Wildman–Crippen MR) is 94.2 cm³/mol. The highest BCUT2D eigenvalue weighted by molar-refractivity contribution is 5.91. The second-order valence-corrected chi connectivity index (χ2v) is 10.2. The molecule has 0 bridgehead atoms. The van der Waals surface area contributed by atoms with Crippen LogP contribution < -0.4 is 0 Å². The van der Waals surface area contributed by atoms with E-state index in [0.29, 0.717) is 46.9 Å². The Labute approximate surface area is 146 Å². The van der Waals surface area contributed by atoms with E-state index < -0.39 is 0 Å². The highest BCUT2D eigenvalue weighted by atomic mass is 16.3. The first-order valence-corrected chi connectivity index (χ1v) is 10.3. The Kier molecular flexibility index (Phi) is 3.09. The fraction of sp³-hybridized carbons (Fsp3) is 0.864. The molecule has 0 saturated heterocycles. The number of aliphatic hydroxyl groups excluding tert-OH is 1. The maximum atomic E-state index is 11.9. The molecule has 5 aliphatic carbocycles. The van der Waals surface area contributed by atoms with Crippen LogP contribution in [-0.2, 0) is 4.79 Å². The summed E-state index contributed by atoms with van der Waals surface area (Å²) in [6, 6.07) is 0. The Morgan fingerprint density at radius 3 is 2.83 bits per heavy atom. The third kappa shape index (κ3) is 1.60. The van der Waals surface area contributed by atoms with Crippen LogP contribution in [0.3, 0.4) is 0 Å². The Bertz CT molecular complexity index is 621. The van der Waals surface area contributed by atoms with Gasteiger partial charge in [-0.15, -0.1) is 0 Å². The molecule has 0 heterocycles. The van der Waals surface area contributed by atoms with Gasteiger partial charge in [0.1, 0.15) is 0 Å². The number of hydrogen-bond donors (Lipinski definition) is 1. The van der Waals surface area contributed by atoms with Crippen molar-refractivity contribution >= 4 is 5.78 Å². The van der Waals surface area contributed by atoms with Crippen LogP contribution in [0.15, 0.2) is 11.6 Å². The van der Waals surface area contributed by atoms with Crippen molar-refractivity contribution in [1.29, 1.82) is 0 Å². The van der Waals surface area contributed by atoms with Gasteiger partial charge in [0.05, 0.1) is 0 Å². The van der Waals surface area contributed by atoms with Gasteiger partial charge in [0.2, 0.25) is 0 Å². The van der Waals surface area contributed by atoms with E-state index in [9.17, 15) is 9.90 Å². The van der Waals surface area contributed by atoms with Gasteiger partial charge in [-0.25, -0.2) is 0 Å². The number of aliphatic hydroxyl groups is 1. The fourth-order valence-electron chi connectivity index (χ4n) is 8.85. The van der Waals surface area contributed by atoms with Crippen LogP contribution in [0.5, 0.6) is 0 Å². The quantitative estimate of drug-likeness (QED) is 0.782. The van der Waals surface area contributed by atoms with Crippen LogP contribution >= 0.6 is 0 Å². The molecule has 0 aromatic heterocycles. The van der Waals surface area contributed by atoms with Gasteiger partial charge < -0.3 is 5.11 Å². The zero-order valence-corrected chi connectivity index (χ0v) is 15.4. The molecular weight excluding hydrogens is 296 g/mol. The SMILES string of the molecule is C[C@@H]1[C@@H](CO)[C@@]2(C)CC[C@H]3[C@@H]([C@H](C)CC4=CC(=O)CC[C@@H]43)[C@]23C[C@@H]13. The third-order valence-electron chi connectivity index (χ3n) is 9.67. The number of fused-ring (bicyclic) bond motifs is 3. The molecule has 1 N–H and O–H groups in total. The topological polar surface area (TPSA) is 37.3 Å². The molecule has 2 nitrogen and oxygen atoms in total. The molecule has 0 radical (unpaired) electrons. The van der Waals surface area contributed by atoms with Gasteiger partial charge in [-0.1, -0.05) is 26.3 Å². The van der Waals surface area contributed by atoms with E-state index in [1.807, 2.05) is 6.08 Å². The van der Waals surface area contributed by atoms with Crippen molar-refractivity contribution in [3.8, 4) is 0 Å². The van der Waals surface area contributed by atoms with Crippen molar-refractivity contribution in [2.24, 2.45) is 52.3 Å². The number of allylic oxidation sites excluding steroid dienone is 1. The minimum atomic E-state index is 0.354. The number of hydrogen-bond acceptors (Lipinski definition) is 2. The normalized spacial score (nSPS) is 58.2. The van der Waals surface area contributed by atoms with E-state index in [1.165, 1.54) is 24.8 Å². The molecule has 5 rings (SSSR count). The monoisotopic (exact) mass is 328 g/mol. The molecule has 9 atom stereocenters. The van der Waals surface area contributed by atoms with Crippen molar-refractivity contribution < 1.29 is 9.90 Å². The maximum absolute atomic E-state index is 11.9. The summed E-state index contributed by atoms with van der Waals surface area (Å²) in [7, 11) is 0. The van der Waals surface area contributed by atoms with Crippen molar-refractivity contribution in [2.75, 3.05) is 6.61 Å². The van der Waals surface area contributed by atoms with Gasteiger partial charge in [-0.2, -0.15) is 0 Å². The number of carbonyl (C=O) groups is 1. The third-order valence-corrected chi connectivity index (χ3v) is 9.67. The molecule has 0 unspecified atom stereocenters. The van der Waals surface area contributed by atoms with E-state index >= 15 is 0 Å². The lowest BCUT2D eigenvalue weighted by Crippen LogP contribution is -2.52. The lowest BCUT2D eigenvalue weighted by Gasteiger charge is -2.58. The second kappa shape index (κ2) is 4.75. The molecule has 0 aromatic rings. The molecule has 0 amide bonds. The number of carbonyl (C=O) groups excluding carboxylic acids is 1. The van der Waals surface area contributed by atoms with Gasteiger partial charge in [0.25, 0.3) is 0 Å². The summed E-state index contributed by atoms with van der Waals surface area (Å²) >= 11 is 0. The van der Waals surface area contributed by atoms with Crippen molar-refractivity contribution in [3.63, 3.8) is 0 Å². The smallest absolute Gasteiger partial charge is 0.155 e. The molecule has 4 saturated carbocycles. The summed E-state index contributed by atoms with van der Waals surface area (Å²) in [4.78, 5) is 11.9. The predicted octanol–water partition coefficient (Wildman–Crippen LogP) is 4.23. The van der Waals surface area contributed by atoms with Crippen LogP contribution in [0, 0.1) is 52.3 Å². The molecule has 5 aliphatic rings. The largest absolute Gasteiger partial charge is 0.396 e. The molecule has 2 heteroatoms. The van der Waals surface area contributed by atoms with E-state index in [1.54, 1.807) is 0 Å². The minimum Gasteiger partial charge on any atom is -0.396 e. The lowest BCUT2D eigenvalue weighted by atomic mass is 9.46. The second-order valence-electron chi connectivity index (χ2n) is 10.2. The fourth-order valence-corrected chi connectivity index (χ4v) is 8.85. The Hall–Kier alpha value is -0.630. The standard InChI is InChI=1S/C22H32O2/c1-12-8-14-9-15(24)4-5-16(14)17-6-7-21(3)19(11-23)13(2)18-10-22(18,21)20(12)17/h9,12-13,16-20,23H,4-8,10-11H2,1-3H3/t12-,13+,16+,17-,18+,19-,20-,21-,22-/m1/s1. The molecule has 4 fully saturated rings. The highest BCUT2D eigenvalue weighted by Gasteiger charge is 2.79. The summed E-state index contributed by atoms with van der Waals surface area (Å²) in [6.45, 7) is 7.78. The van der Waals surface area contributed by atoms with E-state index in [-0.39, 0.29) is 0 Å². The maximum Gasteiger partial charge on any atom is 0.155 e. The van der Waals surface area contributed by atoms with Gasteiger partial charge >= 0.3 is 0 Å². The molecule has 0 aromatic carbocycles. The molecule has 132 valence electrons. The summed E-state index contributed by atoms with van der Waals surface area (Å²) in [5, 5.41) is 10.1. The summed E-state index contributed by atoms with van der Waals surface area (Å²) in [5.74, 6) is 5.44. The van der Waals surface area contributed by atoms with E-state index in [2.05, 4.69) is 20.8 Å². The average Bonchev–Trinajstić information content (AvgIpc) is 3.23. The van der Waals surface area contributed by atoms with Crippen molar-refractivity contribution in [1.82, 2.24) is 0 Å². The number of rotatable bonds is 1. The van der Waals surface area contributed by atoms with Gasteiger partial charge in [-0.05, 0) is 90.4 Å². The summed E-state index contributed by atoms with van der Waals surface area (Å²) < 4.78 is 0. The van der Waals surface area contributed by atoms with Gasteiger partial charge in [-0.3, -0.25) is 4.79 Å².